The molecule has 0 radical (unpaired) electrons. The SMILES string of the molecule is CC(=O)NC1C(O)OC(CF)C(O)C1O. The average molecular weight is 223 g/mol. The van der Waals surface area contributed by atoms with Gasteiger partial charge in [0.1, 0.15) is 31.0 Å². The average Bonchev–Trinajstić information content (AvgIpc) is 2.18. The molecule has 4 N–H and O–H groups in total. The van der Waals surface area contributed by atoms with Crippen molar-refractivity contribution in [3.05, 3.63) is 0 Å². The van der Waals surface area contributed by atoms with Crippen LogP contribution in [-0.2, 0) is 9.53 Å². The molecule has 0 saturated carbocycles. The molecule has 7 heteroatoms. The molecule has 0 bridgehead atoms. The summed E-state index contributed by atoms with van der Waals surface area (Å²) in [5, 5.41) is 30.4. The fourth-order valence-electron chi connectivity index (χ4n) is 1.46. The molecule has 1 fully saturated rings. The molecule has 1 saturated heterocycles. The molecule has 1 rings (SSSR count). The van der Waals surface area contributed by atoms with Gasteiger partial charge in [0.25, 0.3) is 0 Å². The van der Waals surface area contributed by atoms with Gasteiger partial charge < -0.3 is 25.4 Å². The van der Waals surface area contributed by atoms with E-state index in [-0.39, 0.29) is 0 Å². The Morgan fingerprint density at radius 2 is 2.00 bits per heavy atom. The molecule has 5 atom stereocenters. The number of carbonyl (C=O) groups excluding carboxylic acids is 1. The van der Waals surface area contributed by atoms with E-state index in [4.69, 9.17) is 0 Å². The van der Waals surface area contributed by atoms with Gasteiger partial charge in [-0.15, -0.1) is 0 Å². The lowest BCUT2D eigenvalue weighted by Gasteiger charge is -2.39. The maximum atomic E-state index is 12.3. The van der Waals surface area contributed by atoms with Gasteiger partial charge in [0.2, 0.25) is 5.91 Å². The molecular formula is C8H14FNO5. The van der Waals surface area contributed by atoms with Crippen LogP contribution in [0.3, 0.4) is 0 Å². The standard InChI is InChI=1S/C8H14FNO5/c1-3(11)10-5-7(13)6(12)4(2-9)15-8(5)14/h4-8,12-14H,2H2,1H3,(H,10,11). The number of carbonyl (C=O) groups is 1. The number of ether oxygens (including phenoxy) is 1. The van der Waals surface area contributed by atoms with Crippen molar-refractivity contribution in [2.45, 2.75) is 37.6 Å². The highest BCUT2D eigenvalue weighted by atomic mass is 19.1. The second kappa shape index (κ2) is 4.84. The van der Waals surface area contributed by atoms with E-state index in [1.165, 1.54) is 6.92 Å². The van der Waals surface area contributed by atoms with Crippen LogP contribution in [0.4, 0.5) is 4.39 Å². The Hall–Kier alpha value is -0.760. The number of hydrogen-bond donors (Lipinski definition) is 4. The quantitative estimate of drug-likeness (QED) is 0.430. The zero-order chi connectivity index (χ0) is 11.6. The second-order valence-electron chi connectivity index (χ2n) is 3.43. The molecule has 0 spiro atoms. The summed E-state index contributed by atoms with van der Waals surface area (Å²) in [6.07, 6.45) is -5.75. The van der Waals surface area contributed by atoms with E-state index in [1.54, 1.807) is 0 Å². The molecular weight excluding hydrogens is 209 g/mol. The summed E-state index contributed by atoms with van der Waals surface area (Å²) in [5.74, 6) is -0.493. The van der Waals surface area contributed by atoms with Crippen LogP contribution >= 0.6 is 0 Å². The zero-order valence-electron chi connectivity index (χ0n) is 8.13. The summed E-state index contributed by atoms with van der Waals surface area (Å²) in [7, 11) is 0. The van der Waals surface area contributed by atoms with Crippen molar-refractivity contribution < 1.29 is 29.2 Å². The maximum absolute atomic E-state index is 12.3. The topological polar surface area (TPSA) is 99.0 Å². The first-order valence-corrected chi connectivity index (χ1v) is 4.50. The smallest absolute Gasteiger partial charge is 0.217 e. The van der Waals surface area contributed by atoms with E-state index >= 15 is 0 Å². The van der Waals surface area contributed by atoms with Crippen LogP contribution in [0.5, 0.6) is 0 Å². The van der Waals surface area contributed by atoms with E-state index in [9.17, 15) is 24.5 Å². The van der Waals surface area contributed by atoms with Gasteiger partial charge >= 0.3 is 0 Å². The normalized spacial score (nSPS) is 41.3. The second-order valence-corrected chi connectivity index (χ2v) is 3.43. The maximum Gasteiger partial charge on any atom is 0.217 e. The Kier molecular flexibility index (Phi) is 3.97. The van der Waals surface area contributed by atoms with Gasteiger partial charge in [0.05, 0.1) is 0 Å². The molecule has 6 nitrogen and oxygen atoms in total. The van der Waals surface area contributed by atoms with E-state index in [2.05, 4.69) is 10.1 Å². The molecule has 0 aromatic carbocycles. The fraction of sp³-hybridized carbons (Fsp3) is 0.875. The summed E-state index contributed by atoms with van der Waals surface area (Å²) >= 11 is 0. The third-order valence-corrected chi connectivity index (χ3v) is 2.24. The minimum Gasteiger partial charge on any atom is -0.388 e. The molecule has 1 heterocycles. The van der Waals surface area contributed by atoms with Crippen molar-refractivity contribution >= 4 is 5.91 Å². The van der Waals surface area contributed by atoms with Crippen molar-refractivity contribution in [3.8, 4) is 0 Å². The highest BCUT2D eigenvalue weighted by molar-refractivity contribution is 5.73. The van der Waals surface area contributed by atoms with Crippen LogP contribution in [-0.4, -0.2) is 58.5 Å². The number of halogens is 1. The van der Waals surface area contributed by atoms with Crippen molar-refractivity contribution in [1.82, 2.24) is 5.32 Å². The summed E-state index contributed by atoms with van der Waals surface area (Å²) in [6, 6.07) is -1.15. The van der Waals surface area contributed by atoms with Crippen LogP contribution in [0, 0.1) is 0 Å². The first kappa shape index (κ1) is 12.3. The Morgan fingerprint density at radius 1 is 1.40 bits per heavy atom. The van der Waals surface area contributed by atoms with E-state index in [1.807, 2.05) is 0 Å². The van der Waals surface area contributed by atoms with E-state index < -0.39 is 43.2 Å². The number of alkyl halides is 1. The van der Waals surface area contributed by atoms with Crippen LogP contribution < -0.4 is 5.32 Å². The summed E-state index contributed by atoms with van der Waals surface area (Å²) in [4.78, 5) is 10.7. The first-order chi connectivity index (χ1) is 6.97. The van der Waals surface area contributed by atoms with Gasteiger partial charge in [-0.25, -0.2) is 4.39 Å². The van der Waals surface area contributed by atoms with Gasteiger partial charge in [-0.2, -0.15) is 0 Å². The number of aliphatic hydroxyl groups is 3. The van der Waals surface area contributed by atoms with Gasteiger partial charge in [-0.05, 0) is 0 Å². The number of rotatable bonds is 2. The molecule has 1 aliphatic heterocycles. The van der Waals surface area contributed by atoms with Crippen molar-refractivity contribution in [2.75, 3.05) is 6.67 Å². The van der Waals surface area contributed by atoms with E-state index in [0.717, 1.165) is 0 Å². The van der Waals surface area contributed by atoms with Crippen molar-refractivity contribution in [3.63, 3.8) is 0 Å². The predicted molar refractivity (Wildman–Crippen MR) is 46.5 cm³/mol. The highest BCUT2D eigenvalue weighted by Gasteiger charge is 2.44. The lowest BCUT2D eigenvalue weighted by atomic mass is 9.97. The molecule has 0 aromatic heterocycles. The van der Waals surface area contributed by atoms with E-state index in [0.29, 0.717) is 0 Å². The number of nitrogens with one attached hydrogen (secondary N) is 1. The molecule has 15 heavy (non-hydrogen) atoms. The number of aliphatic hydroxyl groups excluding tert-OH is 3. The monoisotopic (exact) mass is 223 g/mol. The minimum atomic E-state index is -1.53. The molecule has 1 aliphatic rings. The summed E-state index contributed by atoms with van der Waals surface area (Å²) in [6.45, 7) is 0.162. The summed E-state index contributed by atoms with van der Waals surface area (Å²) in [5.41, 5.74) is 0. The third-order valence-electron chi connectivity index (χ3n) is 2.24. The van der Waals surface area contributed by atoms with Crippen LogP contribution in [0.15, 0.2) is 0 Å². The lowest BCUT2D eigenvalue weighted by Crippen LogP contribution is -2.63. The van der Waals surface area contributed by atoms with Gasteiger partial charge in [-0.1, -0.05) is 0 Å². The van der Waals surface area contributed by atoms with Crippen LogP contribution in [0.25, 0.3) is 0 Å². The van der Waals surface area contributed by atoms with Crippen LogP contribution in [0.2, 0.25) is 0 Å². The molecule has 88 valence electrons. The fourth-order valence-corrected chi connectivity index (χ4v) is 1.46. The number of amides is 1. The molecule has 5 unspecified atom stereocenters. The minimum absolute atomic E-state index is 0.493. The van der Waals surface area contributed by atoms with Gasteiger partial charge in [0, 0.05) is 6.92 Å². The Labute approximate surface area is 85.7 Å². The van der Waals surface area contributed by atoms with Crippen molar-refractivity contribution in [1.29, 1.82) is 0 Å². The highest BCUT2D eigenvalue weighted by Crippen LogP contribution is 2.20. The lowest BCUT2D eigenvalue weighted by molar-refractivity contribution is -0.249. The van der Waals surface area contributed by atoms with Gasteiger partial charge in [0.15, 0.2) is 6.29 Å². The molecule has 0 aliphatic carbocycles. The first-order valence-electron chi connectivity index (χ1n) is 4.50. The largest absolute Gasteiger partial charge is 0.388 e. The Morgan fingerprint density at radius 3 is 2.47 bits per heavy atom. The predicted octanol–water partition coefficient (Wildman–Crippen LogP) is -2.10. The molecule has 0 aromatic rings. The van der Waals surface area contributed by atoms with Crippen molar-refractivity contribution in [2.24, 2.45) is 0 Å². The number of hydrogen-bond acceptors (Lipinski definition) is 5. The summed E-state index contributed by atoms with van der Waals surface area (Å²) < 4.78 is 17.0. The molecule has 1 amide bonds. The third kappa shape index (κ3) is 2.63. The Balaban J connectivity index is 2.70. The zero-order valence-corrected chi connectivity index (χ0v) is 8.13. The Bertz CT molecular complexity index is 239. The van der Waals surface area contributed by atoms with Gasteiger partial charge in [-0.3, -0.25) is 4.79 Å². The van der Waals surface area contributed by atoms with Crippen LogP contribution in [0.1, 0.15) is 6.92 Å².